The van der Waals surface area contributed by atoms with Crippen LogP contribution in [0.1, 0.15) is 38.7 Å². The van der Waals surface area contributed by atoms with Gasteiger partial charge in [0, 0.05) is 36.9 Å². The topological polar surface area (TPSA) is 96.4 Å². The smallest absolute Gasteiger partial charge is 0.417 e. The summed E-state index contributed by atoms with van der Waals surface area (Å²) in [6.45, 7) is 3.95. The zero-order chi connectivity index (χ0) is 27.9. The van der Waals surface area contributed by atoms with E-state index in [2.05, 4.69) is 24.3 Å². The van der Waals surface area contributed by atoms with Gasteiger partial charge in [-0.3, -0.25) is 14.5 Å². The lowest BCUT2D eigenvalue weighted by atomic mass is 9.73. The summed E-state index contributed by atoms with van der Waals surface area (Å²) in [4.78, 5) is 42.3. The maximum absolute atomic E-state index is 14.3. The molecule has 2 fully saturated rings. The molecule has 2 aromatic carbocycles. The zero-order valence-corrected chi connectivity index (χ0v) is 22.9. The first-order valence-electron chi connectivity index (χ1n) is 13.4. The van der Waals surface area contributed by atoms with Crippen LogP contribution in [0.5, 0.6) is 0 Å². The number of ether oxygens (including phenoxy) is 2. The number of benzene rings is 2. The normalized spacial score (nSPS) is 26.4. The number of methoxy groups -OCH3 is 2. The Hall–Kier alpha value is -3.65. The Morgan fingerprint density at radius 2 is 1.79 bits per heavy atom. The van der Waals surface area contributed by atoms with E-state index in [0.717, 1.165) is 29.2 Å². The van der Waals surface area contributed by atoms with Gasteiger partial charge in [-0.15, -0.1) is 0 Å². The highest BCUT2D eigenvalue weighted by Gasteiger charge is 2.55. The van der Waals surface area contributed by atoms with Gasteiger partial charge in [-0.05, 0) is 55.4 Å². The first-order valence-corrected chi connectivity index (χ1v) is 13.4. The summed E-state index contributed by atoms with van der Waals surface area (Å²) >= 11 is 0. The predicted molar refractivity (Wildman–Crippen MR) is 146 cm³/mol. The second kappa shape index (κ2) is 10.2. The summed E-state index contributed by atoms with van der Waals surface area (Å²) in [6.07, 6.45) is 6.67. The first kappa shape index (κ1) is 26.9. The van der Waals surface area contributed by atoms with Crippen LogP contribution in [0.15, 0.2) is 66.5 Å². The standard InChI is InChI=1S/C31H36N2O6/c1-30(2,28(35)38-3)25-13-15-32(29(36)39-4)19-24(25)27(34)33-16-12-22-11-14-31(37,26(22)33)18-20-9-10-21-7-5-6-8-23(21)17-20/h5-10,13,15,17,19,22,25-26,37H,11-12,14,16,18H2,1-4H3/t22-,25+,26+,31+/m1/s1. The predicted octanol–water partition coefficient (Wildman–Crippen LogP) is 4.42. The van der Waals surface area contributed by atoms with Crippen LogP contribution in [-0.4, -0.2) is 65.3 Å². The van der Waals surface area contributed by atoms with E-state index in [1.54, 1.807) is 24.8 Å². The van der Waals surface area contributed by atoms with Gasteiger partial charge in [0.05, 0.1) is 31.3 Å². The Morgan fingerprint density at radius 3 is 2.51 bits per heavy atom. The van der Waals surface area contributed by atoms with Crippen molar-refractivity contribution in [1.29, 1.82) is 0 Å². The van der Waals surface area contributed by atoms with E-state index < -0.39 is 29.0 Å². The van der Waals surface area contributed by atoms with Gasteiger partial charge >= 0.3 is 12.1 Å². The fourth-order valence-electron chi connectivity index (χ4n) is 6.74. The van der Waals surface area contributed by atoms with E-state index in [-0.39, 0.29) is 17.9 Å². The van der Waals surface area contributed by atoms with Gasteiger partial charge in [-0.25, -0.2) is 4.79 Å². The minimum Gasteiger partial charge on any atom is -0.469 e. The third-order valence-electron chi connectivity index (χ3n) is 8.78. The zero-order valence-electron chi connectivity index (χ0n) is 22.9. The molecule has 2 heterocycles. The number of hydrogen-bond donors (Lipinski definition) is 1. The third kappa shape index (κ3) is 4.71. The van der Waals surface area contributed by atoms with Crippen molar-refractivity contribution in [1.82, 2.24) is 9.80 Å². The molecule has 1 N–H and O–H groups in total. The highest BCUT2D eigenvalue weighted by atomic mass is 16.5. The first-order chi connectivity index (χ1) is 18.6. The van der Waals surface area contributed by atoms with E-state index in [1.807, 2.05) is 18.2 Å². The molecule has 0 radical (unpaired) electrons. The van der Waals surface area contributed by atoms with Crippen molar-refractivity contribution < 1.29 is 29.0 Å². The molecule has 206 valence electrons. The number of amides is 2. The van der Waals surface area contributed by atoms with Gasteiger partial charge in [0.15, 0.2) is 0 Å². The minimum absolute atomic E-state index is 0.183. The van der Waals surface area contributed by atoms with E-state index in [9.17, 15) is 19.5 Å². The number of likely N-dealkylation sites (tertiary alicyclic amines) is 1. The van der Waals surface area contributed by atoms with Crippen LogP contribution in [0, 0.1) is 17.3 Å². The summed E-state index contributed by atoms with van der Waals surface area (Å²) in [7, 11) is 2.59. The van der Waals surface area contributed by atoms with Crippen molar-refractivity contribution in [2.45, 2.75) is 51.2 Å². The molecule has 0 aromatic heterocycles. The molecule has 4 atom stereocenters. The van der Waals surface area contributed by atoms with Gasteiger partial charge in [0.2, 0.25) is 0 Å². The molecule has 0 spiro atoms. The highest BCUT2D eigenvalue weighted by molar-refractivity contribution is 5.97. The molecular weight excluding hydrogens is 496 g/mol. The summed E-state index contributed by atoms with van der Waals surface area (Å²) < 4.78 is 9.91. The van der Waals surface area contributed by atoms with Crippen molar-refractivity contribution in [3.63, 3.8) is 0 Å². The van der Waals surface area contributed by atoms with Crippen molar-refractivity contribution in [2.24, 2.45) is 17.3 Å². The lowest BCUT2D eigenvalue weighted by molar-refractivity contribution is -0.152. The second-order valence-corrected chi connectivity index (χ2v) is 11.5. The molecule has 0 bridgehead atoms. The number of carbonyl (C=O) groups excluding carboxylic acids is 3. The van der Waals surface area contributed by atoms with E-state index in [4.69, 9.17) is 9.47 Å². The molecule has 5 rings (SSSR count). The molecule has 2 aromatic rings. The average Bonchev–Trinajstić information content (AvgIpc) is 3.52. The lowest BCUT2D eigenvalue weighted by Gasteiger charge is -2.40. The van der Waals surface area contributed by atoms with Crippen LogP contribution >= 0.6 is 0 Å². The van der Waals surface area contributed by atoms with Crippen molar-refractivity contribution in [2.75, 3.05) is 20.8 Å². The summed E-state index contributed by atoms with van der Waals surface area (Å²) in [5.74, 6) is -1.20. The summed E-state index contributed by atoms with van der Waals surface area (Å²) in [5.41, 5.74) is -0.832. The number of carbonyl (C=O) groups is 3. The molecule has 8 heteroatoms. The van der Waals surface area contributed by atoms with Gasteiger partial charge in [0.25, 0.3) is 5.91 Å². The van der Waals surface area contributed by atoms with Gasteiger partial charge in [-0.1, -0.05) is 48.5 Å². The molecule has 1 saturated carbocycles. The number of hydrogen-bond acceptors (Lipinski definition) is 6. The number of esters is 1. The van der Waals surface area contributed by atoms with Gasteiger partial charge < -0.3 is 19.5 Å². The van der Waals surface area contributed by atoms with Gasteiger partial charge in [-0.2, -0.15) is 0 Å². The van der Waals surface area contributed by atoms with E-state index >= 15 is 0 Å². The van der Waals surface area contributed by atoms with Gasteiger partial charge in [0.1, 0.15) is 0 Å². The maximum Gasteiger partial charge on any atom is 0.417 e. The molecule has 0 unspecified atom stereocenters. The Morgan fingerprint density at radius 1 is 1.05 bits per heavy atom. The summed E-state index contributed by atoms with van der Waals surface area (Å²) in [6, 6.07) is 14.0. The molecule has 3 aliphatic rings. The quantitative estimate of drug-likeness (QED) is 0.573. The van der Waals surface area contributed by atoms with Crippen LogP contribution in [0.2, 0.25) is 0 Å². The average molecular weight is 533 g/mol. The number of rotatable bonds is 5. The van der Waals surface area contributed by atoms with E-state index in [0.29, 0.717) is 25.0 Å². The van der Waals surface area contributed by atoms with Crippen LogP contribution in [-0.2, 0) is 25.5 Å². The van der Waals surface area contributed by atoms with E-state index in [1.165, 1.54) is 31.5 Å². The van der Waals surface area contributed by atoms with Crippen LogP contribution in [0.25, 0.3) is 10.8 Å². The monoisotopic (exact) mass is 532 g/mol. The molecule has 2 amide bonds. The Labute approximate surface area is 228 Å². The fourth-order valence-corrected chi connectivity index (χ4v) is 6.74. The molecular formula is C31H36N2O6. The largest absolute Gasteiger partial charge is 0.469 e. The number of fused-ring (bicyclic) bond motifs is 2. The number of aliphatic hydroxyl groups is 1. The SMILES string of the molecule is COC(=O)N1C=C[C@H](C(C)(C)C(=O)OC)C(C(=O)N2CC[C@H]3CC[C@](O)(Cc4ccc5ccccc5c4)[C@H]32)=C1. The fraction of sp³-hybridized carbons (Fsp3) is 0.452. The highest BCUT2D eigenvalue weighted by Crippen LogP contribution is 2.48. The molecule has 2 aliphatic heterocycles. The summed E-state index contributed by atoms with van der Waals surface area (Å²) in [5, 5.41) is 14.3. The lowest BCUT2D eigenvalue weighted by Crippen LogP contribution is -2.53. The Balaban J connectivity index is 1.47. The molecule has 1 saturated heterocycles. The Kier molecular flexibility index (Phi) is 7.01. The molecule has 8 nitrogen and oxygen atoms in total. The third-order valence-corrected chi connectivity index (χ3v) is 8.78. The molecule has 1 aliphatic carbocycles. The minimum atomic E-state index is -1.08. The second-order valence-electron chi connectivity index (χ2n) is 11.5. The van der Waals surface area contributed by atoms with Crippen LogP contribution < -0.4 is 0 Å². The Bertz CT molecular complexity index is 1360. The van der Waals surface area contributed by atoms with Crippen LogP contribution in [0.4, 0.5) is 4.79 Å². The van der Waals surface area contributed by atoms with Crippen molar-refractivity contribution in [3.8, 4) is 0 Å². The molecule has 39 heavy (non-hydrogen) atoms. The van der Waals surface area contributed by atoms with Crippen molar-refractivity contribution in [3.05, 3.63) is 72.1 Å². The van der Waals surface area contributed by atoms with Crippen LogP contribution in [0.3, 0.4) is 0 Å². The number of allylic oxidation sites excluding steroid dienone is 1. The maximum atomic E-state index is 14.3. The van der Waals surface area contributed by atoms with Crippen molar-refractivity contribution >= 4 is 28.7 Å². The number of nitrogens with zero attached hydrogens (tertiary/aromatic N) is 2.